The highest BCUT2D eigenvalue weighted by Crippen LogP contribution is 2.30. The van der Waals surface area contributed by atoms with Crippen LogP contribution in [0.15, 0.2) is 22.7 Å². The average Bonchev–Trinajstić information content (AvgIpc) is 2.61. The van der Waals surface area contributed by atoms with E-state index in [0.717, 1.165) is 23.9 Å². The first-order chi connectivity index (χ1) is 7.92. The van der Waals surface area contributed by atoms with E-state index in [-0.39, 0.29) is 11.4 Å². The number of benzene rings is 1. The number of amides is 1. The molecule has 1 amide bonds. The first-order valence-electron chi connectivity index (χ1n) is 5.79. The van der Waals surface area contributed by atoms with Gasteiger partial charge in [-0.1, -0.05) is 0 Å². The number of nitrogens with zero attached hydrogens (tertiary/aromatic N) is 1. The fourth-order valence-corrected chi connectivity index (χ4v) is 2.68. The molecule has 1 aliphatic heterocycles. The zero-order valence-electron chi connectivity index (χ0n) is 10.2. The van der Waals surface area contributed by atoms with Gasteiger partial charge in [-0.2, -0.15) is 0 Å². The van der Waals surface area contributed by atoms with E-state index in [9.17, 15) is 4.79 Å². The molecule has 0 aromatic heterocycles. The molecule has 2 rings (SSSR count). The summed E-state index contributed by atoms with van der Waals surface area (Å²) in [6.07, 6.45) is 2.14. The van der Waals surface area contributed by atoms with Crippen molar-refractivity contribution in [1.82, 2.24) is 4.90 Å². The van der Waals surface area contributed by atoms with Crippen molar-refractivity contribution in [1.29, 1.82) is 0 Å². The number of hydrogen-bond donors (Lipinski definition) is 1. The summed E-state index contributed by atoms with van der Waals surface area (Å²) in [4.78, 5) is 14.3. The minimum atomic E-state index is -0.0368. The van der Waals surface area contributed by atoms with E-state index in [2.05, 4.69) is 29.8 Å². The largest absolute Gasteiger partial charge is 0.398 e. The number of halogens is 1. The van der Waals surface area contributed by atoms with Crippen LogP contribution in [0.4, 0.5) is 5.69 Å². The van der Waals surface area contributed by atoms with Gasteiger partial charge in [0.15, 0.2) is 0 Å². The highest BCUT2D eigenvalue weighted by molar-refractivity contribution is 9.10. The van der Waals surface area contributed by atoms with Crippen LogP contribution in [0.2, 0.25) is 0 Å². The lowest BCUT2D eigenvalue weighted by Gasteiger charge is -2.31. The van der Waals surface area contributed by atoms with Crippen molar-refractivity contribution in [2.24, 2.45) is 0 Å². The van der Waals surface area contributed by atoms with E-state index < -0.39 is 0 Å². The zero-order valence-corrected chi connectivity index (χ0v) is 11.8. The third kappa shape index (κ3) is 2.32. The smallest absolute Gasteiger partial charge is 0.254 e. The Kier molecular flexibility index (Phi) is 3.17. The summed E-state index contributed by atoms with van der Waals surface area (Å²) in [7, 11) is 0. The van der Waals surface area contributed by atoms with Crippen LogP contribution >= 0.6 is 15.9 Å². The molecule has 0 atom stereocenters. The first-order valence-corrected chi connectivity index (χ1v) is 6.58. The molecule has 1 heterocycles. The fraction of sp³-hybridized carbons (Fsp3) is 0.462. The number of likely N-dealkylation sites (tertiary alicyclic amines) is 1. The van der Waals surface area contributed by atoms with Crippen molar-refractivity contribution in [3.8, 4) is 0 Å². The standard InChI is InChI=1S/C13H17BrN2O/c1-13(2)6-3-7-16(13)12(17)9-4-5-11(15)10(14)8-9/h4-5,8H,3,6-7,15H2,1-2H3. The van der Waals surface area contributed by atoms with Gasteiger partial charge in [0.1, 0.15) is 0 Å². The van der Waals surface area contributed by atoms with Crippen LogP contribution in [-0.2, 0) is 0 Å². The SMILES string of the molecule is CC1(C)CCCN1C(=O)c1ccc(N)c(Br)c1. The van der Waals surface area contributed by atoms with Gasteiger partial charge < -0.3 is 10.6 Å². The number of anilines is 1. The van der Waals surface area contributed by atoms with Gasteiger partial charge in [0.2, 0.25) is 0 Å². The molecule has 4 heteroatoms. The predicted molar refractivity (Wildman–Crippen MR) is 72.9 cm³/mol. The zero-order chi connectivity index (χ0) is 12.6. The molecule has 1 aliphatic rings. The average molecular weight is 297 g/mol. The second kappa shape index (κ2) is 4.33. The fourth-order valence-electron chi connectivity index (χ4n) is 2.30. The van der Waals surface area contributed by atoms with E-state index in [1.807, 2.05) is 4.90 Å². The molecule has 0 unspecified atom stereocenters. The minimum Gasteiger partial charge on any atom is -0.398 e. The molecule has 0 radical (unpaired) electrons. The second-order valence-corrected chi connectivity index (χ2v) is 5.96. The molecule has 1 aromatic rings. The maximum Gasteiger partial charge on any atom is 0.254 e. The second-order valence-electron chi connectivity index (χ2n) is 5.11. The van der Waals surface area contributed by atoms with Gasteiger partial charge >= 0.3 is 0 Å². The molecular formula is C13H17BrN2O. The Hall–Kier alpha value is -1.03. The molecule has 0 bridgehead atoms. The van der Waals surface area contributed by atoms with Crippen molar-refractivity contribution in [3.63, 3.8) is 0 Å². The number of nitrogens with two attached hydrogens (primary N) is 1. The van der Waals surface area contributed by atoms with Gasteiger partial charge in [0.25, 0.3) is 5.91 Å². The molecule has 2 N–H and O–H groups in total. The summed E-state index contributed by atoms with van der Waals surface area (Å²) >= 11 is 3.36. The van der Waals surface area contributed by atoms with Gasteiger partial charge in [-0.05, 0) is 60.8 Å². The lowest BCUT2D eigenvalue weighted by Crippen LogP contribution is -2.42. The number of rotatable bonds is 1. The van der Waals surface area contributed by atoms with Crippen molar-refractivity contribution in [3.05, 3.63) is 28.2 Å². The van der Waals surface area contributed by atoms with E-state index >= 15 is 0 Å². The lowest BCUT2D eigenvalue weighted by molar-refractivity contribution is 0.0652. The van der Waals surface area contributed by atoms with Crippen LogP contribution < -0.4 is 5.73 Å². The van der Waals surface area contributed by atoms with Gasteiger partial charge in [0, 0.05) is 27.8 Å². The van der Waals surface area contributed by atoms with E-state index in [0.29, 0.717) is 11.3 Å². The van der Waals surface area contributed by atoms with Crippen LogP contribution in [0.5, 0.6) is 0 Å². The van der Waals surface area contributed by atoms with E-state index in [1.165, 1.54) is 0 Å². The minimum absolute atomic E-state index is 0.0368. The predicted octanol–water partition coefficient (Wildman–Crippen LogP) is 3.05. The Morgan fingerprint density at radius 3 is 2.71 bits per heavy atom. The molecule has 0 spiro atoms. The monoisotopic (exact) mass is 296 g/mol. The number of carbonyl (C=O) groups excluding carboxylic acids is 1. The Morgan fingerprint density at radius 1 is 1.47 bits per heavy atom. The molecule has 0 saturated carbocycles. The maximum atomic E-state index is 12.4. The van der Waals surface area contributed by atoms with Gasteiger partial charge in [0.05, 0.1) is 0 Å². The summed E-state index contributed by atoms with van der Waals surface area (Å²) < 4.78 is 0.778. The highest BCUT2D eigenvalue weighted by Gasteiger charge is 2.35. The van der Waals surface area contributed by atoms with Crippen molar-refractivity contribution >= 4 is 27.5 Å². The van der Waals surface area contributed by atoms with Crippen LogP contribution in [0.1, 0.15) is 37.0 Å². The summed E-state index contributed by atoms with van der Waals surface area (Å²) in [5, 5.41) is 0. The Balaban J connectivity index is 2.28. The summed E-state index contributed by atoms with van der Waals surface area (Å²) in [6.45, 7) is 5.07. The van der Waals surface area contributed by atoms with E-state index in [4.69, 9.17) is 5.73 Å². The van der Waals surface area contributed by atoms with Crippen LogP contribution in [-0.4, -0.2) is 22.9 Å². The Labute approximate surface area is 110 Å². The third-order valence-electron chi connectivity index (χ3n) is 3.39. The van der Waals surface area contributed by atoms with Gasteiger partial charge in [-0.15, -0.1) is 0 Å². The number of hydrogen-bond acceptors (Lipinski definition) is 2. The van der Waals surface area contributed by atoms with Crippen LogP contribution in [0.3, 0.4) is 0 Å². The summed E-state index contributed by atoms with van der Waals surface area (Å²) in [5.74, 6) is 0.0909. The molecule has 1 saturated heterocycles. The molecule has 3 nitrogen and oxygen atoms in total. The number of carbonyl (C=O) groups is 1. The van der Waals surface area contributed by atoms with E-state index in [1.54, 1.807) is 18.2 Å². The van der Waals surface area contributed by atoms with Crippen LogP contribution in [0, 0.1) is 0 Å². The first kappa shape index (κ1) is 12.4. The summed E-state index contributed by atoms with van der Waals surface area (Å²) in [5.41, 5.74) is 7.04. The molecule has 17 heavy (non-hydrogen) atoms. The van der Waals surface area contributed by atoms with Gasteiger partial charge in [-0.3, -0.25) is 4.79 Å². The Morgan fingerprint density at radius 2 is 2.18 bits per heavy atom. The van der Waals surface area contributed by atoms with Gasteiger partial charge in [-0.25, -0.2) is 0 Å². The van der Waals surface area contributed by atoms with Crippen LogP contribution in [0.25, 0.3) is 0 Å². The molecule has 92 valence electrons. The lowest BCUT2D eigenvalue weighted by atomic mass is 10.0. The molecule has 0 aliphatic carbocycles. The molecule has 1 aromatic carbocycles. The van der Waals surface area contributed by atoms with Crippen molar-refractivity contribution in [2.45, 2.75) is 32.2 Å². The maximum absolute atomic E-state index is 12.4. The topological polar surface area (TPSA) is 46.3 Å². The molecular weight excluding hydrogens is 280 g/mol. The quantitative estimate of drug-likeness (QED) is 0.810. The Bertz CT molecular complexity index is 457. The normalized spacial score (nSPS) is 18.4. The highest BCUT2D eigenvalue weighted by atomic mass is 79.9. The van der Waals surface area contributed by atoms with Crippen molar-refractivity contribution in [2.75, 3.05) is 12.3 Å². The van der Waals surface area contributed by atoms with Crippen molar-refractivity contribution < 1.29 is 4.79 Å². The summed E-state index contributed by atoms with van der Waals surface area (Å²) in [6, 6.07) is 5.35. The molecule has 1 fully saturated rings. The third-order valence-corrected chi connectivity index (χ3v) is 4.08. The number of nitrogen functional groups attached to an aromatic ring is 1.